The second kappa shape index (κ2) is 9.62. The van der Waals surface area contributed by atoms with Crippen LogP contribution in [0.5, 0.6) is 0 Å². The molecule has 4 N–H and O–H groups in total. The smallest absolute Gasteiger partial charge is 0.255 e. The lowest BCUT2D eigenvalue weighted by molar-refractivity contribution is -0.115. The number of carbonyl (C=O) groups excluding carboxylic acids is 2. The zero-order valence-electron chi connectivity index (χ0n) is 17.7. The molecule has 0 fully saturated rings. The molecule has 3 aromatic rings. The molecule has 2 aromatic carbocycles. The summed E-state index contributed by atoms with van der Waals surface area (Å²) in [6.07, 6.45) is 1.83. The predicted molar refractivity (Wildman–Crippen MR) is 125 cm³/mol. The van der Waals surface area contributed by atoms with Crippen molar-refractivity contribution in [2.45, 2.75) is 33.2 Å². The number of nitrogens with two attached hydrogens (primary N) is 1. The van der Waals surface area contributed by atoms with Gasteiger partial charge >= 0.3 is 0 Å². The van der Waals surface area contributed by atoms with Gasteiger partial charge in [0.05, 0.1) is 12.0 Å². The van der Waals surface area contributed by atoms with Crippen LogP contribution >= 0.6 is 11.6 Å². The number of halogens is 1. The number of pyridine rings is 1. The molecule has 0 unspecified atom stereocenters. The van der Waals surface area contributed by atoms with Crippen LogP contribution < -0.4 is 16.4 Å². The highest BCUT2D eigenvalue weighted by atomic mass is 35.5. The van der Waals surface area contributed by atoms with Crippen molar-refractivity contribution in [2.75, 3.05) is 11.1 Å². The van der Waals surface area contributed by atoms with Gasteiger partial charge in [-0.3, -0.25) is 9.59 Å². The van der Waals surface area contributed by atoms with Gasteiger partial charge in [0.1, 0.15) is 5.82 Å². The van der Waals surface area contributed by atoms with E-state index in [1.165, 1.54) is 0 Å². The summed E-state index contributed by atoms with van der Waals surface area (Å²) in [7, 11) is 0. The third kappa shape index (κ3) is 5.61. The molecule has 7 heteroatoms. The number of hydrogen-bond donors (Lipinski definition) is 3. The maximum absolute atomic E-state index is 12.4. The number of benzene rings is 2. The van der Waals surface area contributed by atoms with Gasteiger partial charge in [0.2, 0.25) is 5.91 Å². The van der Waals surface area contributed by atoms with Gasteiger partial charge in [-0.15, -0.1) is 0 Å². The molecule has 0 saturated carbocycles. The maximum Gasteiger partial charge on any atom is 0.255 e. The van der Waals surface area contributed by atoms with Gasteiger partial charge < -0.3 is 16.4 Å². The topological polar surface area (TPSA) is 97.1 Å². The average molecular weight is 437 g/mol. The summed E-state index contributed by atoms with van der Waals surface area (Å²) >= 11 is 6.14. The molecule has 3 rings (SSSR count). The number of hydrogen-bond acceptors (Lipinski definition) is 4. The largest absolute Gasteiger partial charge is 0.383 e. The van der Waals surface area contributed by atoms with E-state index in [2.05, 4.69) is 15.6 Å². The van der Waals surface area contributed by atoms with E-state index in [0.717, 1.165) is 22.3 Å². The van der Waals surface area contributed by atoms with Crippen LogP contribution in [0.1, 0.15) is 35.3 Å². The Hall–Kier alpha value is -3.38. The van der Waals surface area contributed by atoms with Crippen molar-refractivity contribution in [1.82, 2.24) is 10.3 Å². The highest BCUT2D eigenvalue weighted by Crippen LogP contribution is 2.28. The number of aryl methyl sites for hydroxylation is 1. The first-order valence-corrected chi connectivity index (χ1v) is 10.3. The summed E-state index contributed by atoms with van der Waals surface area (Å²) in [5.41, 5.74) is 10.3. The number of aromatic nitrogens is 1. The number of carbonyl (C=O) groups is 2. The number of amides is 2. The van der Waals surface area contributed by atoms with E-state index in [9.17, 15) is 9.59 Å². The molecule has 2 amide bonds. The lowest BCUT2D eigenvalue weighted by Crippen LogP contribution is -2.30. The van der Waals surface area contributed by atoms with E-state index < -0.39 is 0 Å². The zero-order chi connectivity index (χ0) is 22.5. The number of nitrogens with one attached hydrogen (secondary N) is 2. The Morgan fingerprint density at radius 2 is 1.87 bits per heavy atom. The summed E-state index contributed by atoms with van der Waals surface area (Å²) < 4.78 is 0. The van der Waals surface area contributed by atoms with E-state index in [4.69, 9.17) is 17.3 Å². The van der Waals surface area contributed by atoms with E-state index in [0.29, 0.717) is 16.3 Å². The van der Waals surface area contributed by atoms with E-state index >= 15 is 0 Å². The van der Waals surface area contributed by atoms with Gasteiger partial charge in [-0.25, -0.2) is 4.98 Å². The summed E-state index contributed by atoms with van der Waals surface area (Å²) in [5.74, 6) is -0.229. The second-order valence-electron chi connectivity index (χ2n) is 7.63. The third-order valence-electron chi connectivity index (χ3n) is 4.71. The van der Waals surface area contributed by atoms with Crippen LogP contribution in [-0.4, -0.2) is 22.8 Å². The first-order chi connectivity index (χ1) is 14.7. The summed E-state index contributed by atoms with van der Waals surface area (Å²) in [4.78, 5) is 29.0. The minimum atomic E-state index is -0.261. The van der Waals surface area contributed by atoms with Gasteiger partial charge in [-0.1, -0.05) is 35.9 Å². The van der Waals surface area contributed by atoms with Crippen molar-refractivity contribution in [2.24, 2.45) is 0 Å². The summed E-state index contributed by atoms with van der Waals surface area (Å²) in [6.45, 7) is 5.70. The normalized spacial score (nSPS) is 10.7. The van der Waals surface area contributed by atoms with E-state index in [-0.39, 0.29) is 30.1 Å². The molecule has 160 valence electrons. The van der Waals surface area contributed by atoms with Crippen LogP contribution in [0.3, 0.4) is 0 Å². The summed E-state index contributed by atoms with van der Waals surface area (Å²) in [6, 6.07) is 14.6. The third-order valence-corrected chi connectivity index (χ3v) is 5.08. The second-order valence-corrected chi connectivity index (χ2v) is 8.04. The van der Waals surface area contributed by atoms with Gasteiger partial charge in [0.25, 0.3) is 5.91 Å². The number of anilines is 2. The fourth-order valence-corrected chi connectivity index (χ4v) is 3.43. The Kier molecular flexibility index (Phi) is 6.92. The molecule has 0 aliphatic rings. The molecule has 0 atom stereocenters. The lowest BCUT2D eigenvalue weighted by atomic mass is 9.99. The molecule has 6 nitrogen and oxygen atoms in total. The van der Waals surface area contributed by atoms with E-state index in [1.807, 2.05) is 57.2 Å². The van der Waals surface area contributed by atoms with Crippen LogP contribution in [0, 0.1) is 6.92 Å². The minimum Gasteiger partial charge on any atom is -0.383 e. The predicted octanol–water partition coefficient (Wildman–Crippen LogP) is 4.61. The van der Waals surface area contributed by atoms with Crippen molar-refractivity contribution in [3.63, 3.8) is 0 Å². The Morgan fingerprint density at radius 3 is 2.55 bits per heavy atom. The minimum absolute atomic E-state index is 0.00838. The van der Waals surface area contributed by atoms with Crippen molar-refractivity contribution in [3.05, 3.63) is 76.4 Å². The number of rotatable bonds is 6. The lowest BCUT2D eigenvalue weighted by Gasteiger charge is -2.13. The maximum atomic E-state index is 12.4. The molecule has 0 radical (unpaired) electrons. The standard InChI is InChI=1S/C24H25ClN4O2/c1-14(2)28-24(31)20-11-17(13-27-23(20)26)19-9-8-18(10-15(19)3)29-22(30)12-16-6-4-5-7-21(16)25/h4-11,13-14H,12H2,1-3H3,(H2,26,27)(H,28,31)(H,29,30). The first kappa shape index (κ1) is 22.3. The fourth-order valence-electron chi connectivity index (χ4n) is 3.23. The van der Waals surface area contributed by atoms with Crippen molar-refractivity contribution in [1.29, 1.82) is 0 Å². The quantitative estimate of drug-likeness (QED) is 0.525. The van der Waals surface area contributed by atoms with Gasteiger partial charge in [-0.05, 0) is 61.7 Å². The van der Waals surface area contributed by atoms with Gasteiger partial charge in [0.15, 0.2) is 0 Å². The highest BCUT2D eigenvalue weighted by molar-refractivity contribution is 6.31. The Bertz CT molecular complexity index is 1130. The SMILES string of the molecule is Cc1cc(NC(=O)Cc2ccccc2Cl)ccc1-c1cnc(N)c(C(=O)NC(C)C)c1. The van der Waals surface area contributed by atoms with Crippen LogP contribution in [0.25, 0.3) is 11.1 Å². The molecule has 0 bridgehead atoms. The van der Waals surface area contributed by atoms with Crippen molar-refractivity contribution < 1.29 is 9.59 Å². The number of nitrogen functional groups attached to an aromatic ring is 1. The van der Waals surface area contributed by atoms with Crippen LogP contribution in [0.4, 0.5) is 11.5 Å². The zero-order valence-corrected chi connectivity index (χ0v) is 18.5. The van der Waals surface area contributed by atoms with Gasteiger partial charge in [0, 0.05) is 28.5 Å². The number of nitrogens with zero attached hydrogens (tertiary/aromatic N) is 1. The molecule has 0 saturated heterocycles. The van der Waals surface area contributed by atoms with E-state index in [1.54, 1.807) is 18.3 Å². The fraction of sp³-hybridized carbons (Fsp3) is 0.208. The molecular weight excluding hydrogens is 412 g/mol. The monoisotopic (exact) mass is 436 g/mol. The molecule has 0 aliphatic carbocycles. The molecular formula is C24H25ClN4O2. The average Bonchev–Trinajstić information content (AvgIpc) is 2.70. The Morgan fingerprint density at radius 1 is 1.13 bits per heavy atom. The molecule has 31 heavy (non-hydrogen) atoms. The highest BCUT2D eigenvalue weighted by Gasteiger charge is 2.15. The molecule has 1 aromatic heterocycles. The van der Waals surface area contributed by atoms with Crippen LogP contribution in [0.15, 0.2) is 54.7 Å². The van der Waals surface area contributed by atoms with Crippen molar-refractivity contribution >= 4 is 34.9 Å². The van der Waals surface area contributed by atoms with Crippen LogP contribution in [-0.2, 0) is 11.2 Å². The molecule has 0 spiro atoms. The van der Waals surface area contributed by atoms with Crippen LogP contribution in [0.2, 0.25) is 5.02 Å². The summed E-state index contributed by atoms with van der Waals surface area (Å²) in [5, 5.41) is 6.30. The van der Waals surface area contributed by atoms with Gasteiger partial charge in [-0.2, -0.15) is 0 Å². The first-order valence-electron chi connectivity index (χ1n) is 9.95. The van der Waals surface area contributed by atoms with Crippen molar-refractivity contribution in [3.8, 4) is 11.1 Å². The Labute approximate surface area is 186 Å². The Balaban J connectivity index is 1.79. The molecule has 0 aliphatic heterocycles. The molecule has 1 heterocycles.